The molecular weight excluding hydrogens is 272 g/mol. The molecule has 0 heterocycles. The fourth-order valence-electron chi connectivity index (χ4n) is 3.72. The van der Waals surface area contributed by atoms with Crippen molar-refractivity contribution in [3.63, 3.8) is 0 Å². The summed E-state index contributed by atoms with van der Waals surface area (Å²) < 4.78 is 0. The lowest BCUT2D eigenvalue weighted by atomic mass is 9.69. The van der Waals surface area contributed by atoms with Gasteiger partial charge in [0.1, 0.15) is 0 Å². The topological polar surface area (TPSA) is 46.3 Å². The molecule has 3 nitrogen and oxygen atoms in total. The lowest BCUT2D eigenvalue weighted by Gasteiger charge is -2.44. The van der Waals surface area contributed by atoms with Crippen molar-refractivity contribution in [1.29, 1.82) is 0 Å². The van der Waals surface area contributed by atoms with E-state index in [9.17, 15) is 4.79 Å². The lowest BCUT2D eigenvalue weighted by Crippen LogP contribution is -2.54. The molecule has 0 aliphatic rings. The highest BCUT2D eigenvalue weighted by atomic mass is 16.1. The number of carbonyl (C=O) groups excluding carboxylic acids is 1. The van der Waals surface area contributed by atoms with E-state index in [-0.39, 0.29) is 11.3 Å². The molecule has 1 amide bonds. The van der Waals surface area contributed by atoms with Gasteiger partial charge in [0.2, 0.25) is 5.91 Å². The smallest absolute Gasteiger partial charge is 0.225 e. The fraction of sp³-hybridized carbons (Fsp3) is 0.947. The Bertz CT molecular complexity index is 279. The van der Waals surface area contributed by atoms with Gasteiger partial charge in [0.05, 0.1) is 5.41 Å². The van der Waals surface area contributed by atoms with Crippen LogP contribution in [-0.2, 0) is 4.79 Å². The number of nitrogens with two attached hydrogens (primary N) is 1. The third kappa shape index (κ3) is 5.91. The molecule has 0 aliphatic heterocycles. The quantitative estimate of drug-likeness (QED) is 0.503. The van der Waals surface area contributed by atoms with Crippen LogP contribution < -0.4 is 5.73 Å². The summed E-state index contributed by atoms with van der Waals surface area (Å²) in [6.07, 6.45) is 9.78. The Kier molecular flexibility index (Phi) is 11.6. The Morgan fingerprint density at radius 1 is 0.909 bits per heavy atom. The number of carbonyl (C=O) groups is 1. The van der Waals surface area contributed by atoms with Crippen LogP contribution in [0.3, 0.4) is 0 Å². The number of hydrogen-bond acceptors (Lipinski definition) is 2. The van der Waals surface area contributed by atoms with Gasteiger partial charge in [-0.2, -0.15) is 0 Å². The number of hydrogen-bond donors (Lipinski definition) is 1. The highest BCUT2D eigenvalue weighted by Crippen LogP contribution is 2.39. The molecule has 0 aromatic heterocycles. The maximum Gasteiger partial charge on any atom is 0.225 e. The van der Waals surface area contributed by atoms with Crippen LogP contribution in [0.2, 0.25) is 0 Å². The first kappa shape index (κ1) is 21.4. The van der Waals surface area contributed by atoms with Crippen LogP contribution in [0.25, 0.3) is 0 Å². The molecule has 0 rings (SSSR count). The second-order valence-corrected chi connectivity index (χ2v) is 6.61. The maximum absolute atomic E-state index is 12.6. The van der Waals surface area contributed by atoms with Gasteiger partial charge in [0, 0.05) is 6.04 Å². The largest absolute Gasteiger partial charge is 0.369 e. The first-order valence-electron chi connectivity index (χ1n) is 9.57. The van der Waals surface area contributed by atoms with Gasteiger partial charge >= 0.3 is 0 Å². The monoisotopic (exact) mass is 312 g/mol. The van der Waals surface area contributed by atoms with Crippen LogP contribution in [0.5, 0.6) is 0 Å². The van der Waals surface area contributed by atoms with Crippen LogP contribution in [0.1, 0.15) is 92.4 Å². The molecule has 0 spiro atoms. The molecule has 0 bridgehead atoms. The number of unbranched alkanes of at least 4 members (excludes halogenated alkanes) is 3. The van der Waals surface area contributed by atoms with Crippen molar-refractivity contribution in [1.82, 2.24) is 4.90 Å². The van der Waals surface area contributed by atoms with Gasteiger partial charge in [0.15, 0.2) is 0 Å². The predicted octanol–water partition coefficient (Wildman–Crippen LogP) is 4.74. The SMILES string of the molecule is CCCCC(N(CC)CC)C(CCCC)(CCCC)C(N)=O. The summed E-state index contributed by atoms with van der Waals surface area (Å²) in [5.41, 5.74) is 5.67. The third-order valence-electron chi connectivity index (χ3n) is 5.17. The molecular formula is C19H40N2O. The average Bonchev–Trinajstić information content (AvgIpc) is 2.52. The molecule has 132 valence electrons. The zero-order valence-electron chi connectivity index (χ0n) is 15.8. The van der Waals surface area contributed by atoms with E-state index in [2.05, 4.69) is 39.5 Å². The Morgan fingerprint density at radius 2 is 1.36 bits per heavy atom. The zero-order valence-corrected chi connectivity index (χ0v) is 15.8. The predicted molar refractivity (Wildman–Crippen MR) is 96.9 cm³/mol. The van der Waals surface area contributed by atoms with E-state index in [1.165, 1.54) is 12.8 Å². The van der Waals surface area contributed by atoms with Crippen LogP contribution in [-0.4, -0.2) is 29.9 Å². The van der Waals surface area contributed by atoms with Gasteiger partial charge in [-0.05, 0) is 32.4 Å². The molecule has 0 saturated carbocycles. The van der Waals surface area contributed by atoms with Gasteiger partial charge in [-0.15, -0.1) is 0 Å². The van der Waals surface area contributed by atoms with Crippen molar-refractivity contribution >= 4 is 5.91 Å². The minimum absolute atomic E-state index is 0.0672. The van der Waals surface area contributed by atoms with Crippen molar-refractivity contribution in [2.24, 2.45) is 11.1 Å². The van der Waals surface area contributed by atoms with Crippen molar-refractivity contribution in [2.45, 2.75) is 98.4 Å². The second kappa shape index (κ2) is 11.9. The van der Waals surface area contributed by atoms with Crippen LogP contribution in [0.4, 0.5) is 0 Å². The van der Waals surface area contributed by atoms with Crippen molar-refractivity contribution < 1.29 is 4.79 Å². The number of primary amides is 1. The maximum atomic E-state index is 12.6. The molecule has 1 atom stereocenters. The van der Waals surface area contributed by atoms with Crippen molar-refractivity contribution in [3.8, 4) is 0 Å². The van der Waals surface area contributed by atoms with Gasteiger partial charge in [-0.3, -0.25) is 9.69 Å². The molecule has 0 aromatic rings. The van der Waals surface area contributed by atoms with Gasteiger partial charge < -0.3 is 5.73 Å². The normalized spacial score (nSPS) is 13.5. The van der Waals surface area contributed by atoms with E-state index >= 15 is 0 Å². The van der Waals surface area contributed by atoms with Crippen molar-refractivity contribution in [3.05, 3.63) is 0 Å². The first-order valence-corrected chi connectivity index (χ1v) is 9.57. The fourth-order valence-corrected chi connectivity index (χ4v) is 3.72. The summed E-state index contributed by atoms with van der Waals surface area (Å²) >= 11 is 0. The Morgan fingerprint density at radius 3 is 1.68 bits per heavy atom. The van der Waals surface area contributed by atoms with Gasteiger partial charge in [-0.1, -0.05) is 73.1 Å². The molecule has 0 aliphatic carbocycles. The summed E-state index contributed by atoms with van der Waals surface area (Å²) in [6.45, 7) is 13.0. The van der Waals surface area contributed by atoms with E-state index in [4.69, 9.17) is 5.73 Å². The molecule has 1 unspecified atom stereocenters. The summed E-state index contributed by atoms with van der Waals surface area (Å²) in [4.78, 5) is 15.0. The lowest BCUT2D eigenvalue weighted by molar-refractivity contribution is -0.134. The van der Waals surface area contributed by atoms with Gasteiger partial charge in [0.25, 0.3) is 0 Å². The first-order chi connectivity index (χ1) is 10.5. The highest BCUT2D eigenvalue weighted by molar-refractivity contribution is 5.81. The summed E-state index contributed by atoms with van der Waals surface area (Å²) in [5, 5.41) is 0. The van der Waals surface area contributed by atoms with Crippen LogP contribution in [0, 0.1) is 5.41 Å². The zero-order chi connectivity index (χ0) is 17.0. The molecule has 22 heavy (non-hydrogen) atoms. The molecule has 0 aromatic carbocycles. The van der Waals surface area contributed by atoms with Crippen LogP contribution >= 0.6 is 0 Å². The van der Waals surface area contributed by atoms with E-state index < -0.39 is 0 Å². The van der Waals surface area contributed by atoms with E-state index in [1.54, 1.807) is 0 Å². The Labute approximate surface area is 139 Å². The van der Waals surface area contributed by atoms with E-state index in [0.717, 1.165) is 58.0 Å². The molecule has 0 fully saturated rings. The van der Waals surface area contributed by atoms with Crippen LogP contribution in [0.15, 0.2) is 0 Å². The second-order valence-electron chi connectivity index (χ2n) is 6.61. The molecule has 0 radical (unpaired) electrons. The summed E-state index contributed by atoms with van der Waals surface area (Å²) in [6, 6.07) is 0.304. The van der Waals surface area contributed by atoms with E-state index in [0.29, 0.717) is 6.04 Å². The third-order valence-corrected chi connectivity index (χ3v) is 5.17. The number of rotatable bonds is 14. The number of amides is 1. The molecule has 3 heteroatoms. The van der Waals surface area contributed by atoms with Gasteiger partial charge in [-0.25, -0.2) is 0 Å². The Balaban J connectivity index is 5.58. The molecule has 0 saturated heterocycles. The minimum atomic E-state index is -0.340. The minimum Gasteiger partial charge on any atom is -0.369 e. The van der Waals surface area contributed by atoms with Crippen molar-refractivity contribution in [2.75, 3.05) is 13.1 Å². The highest BCUT2D eigenvalue weighted by Gasteiger charge is 2.44. The number of nitrogens with zero attached hydrogens (tertiary/aromatic N) is 1. The molecule has 2 N–H and O–H groups in total. The van der Waals surface area contributed by atoms with E-state index in [1.807, 2.05) is 0 Å². The summed E-state index contributed by atoms with van der Waals surface area (Å²) in [7, 11) is 0. The average molecular weight is 313 g/mol. The standard InChI is InChI=1S/C19H40N2O/c1-6-11-14-17(21(9-4)10-5)19(18(20)22,15-12-7-2)16-13-8-3/h17H,6-16H2,1-5H3,(H2,20,22). The Hall–Kier alpha value is -0.570. The summed E-state index contributed by atoms with van der Waals surface area (Å²) in [5.74, 6) is -0.0672.